The second-order valence-electron chi connectivity index (χ2n) is 3.11. The third-order valence-corrected chi connectivity index (χ3v) is 1.84. The van der Waals surface area contributed by atoms with Gasteiger partial charge in [-0.25, -0.2) is 0 Å². The van der Waals surface area contributed by atoms with E-state index in [1.165, 1.54) is 0 Å². The lowest BCUT2D eigenvalue weighted by molar-refractivity contribution is -0.121. The van der Waals surface area contributed by atoms with Crippen LogP contribution in [0, 0.1) is 0 Å². The van der Waals surface area contributed by atoms with E-state index in [0.717, 1.165) is 5.69 Å². The molecule has 1 amide bonds. The highest BCUT2D eigenvalue weighted by Crippen LogP contribution is 1.92. The van der Waals surface area contributed by atoms with Gasteiger partial charge in [-0.1, -0.05) is 0 Å². The number of carbonyl (C=O) groups excluding carboxylic acids is 1. The van der Waals surface area contributed by atoms with Crippen molar-refractivity contribution in [3.8, 4) is 0 Å². The van der Waals surface area contributed by atoms with Crippen LogP contribution < -0.4 is 10.6 Å². The first-order chi connectivity index (χ1) is 6.72. The molecule has 0 unspecified atom stereocenters. The van der Waals surface area contributed by atoms with Gasteiger partial charge in [0.2, 0.25) is 5.91 Å². The zero-order chi connectivity index (χ0) is 10.4. The smallest absolute Gasteiger partial charge is 0.221 e. The Kier molecular flexibility index (Phi) is 4.12. The van der Waals surface area contributed by atoms with Crippen LogP contribution in [0.3, 0.4) is 0 Å². The van der Waals surface area contributed by atoms with E-state index >= 15 is 0 Å². The maximum atomic E-state index is 11.2. The molecule has 14 heavy (non-hydrogen) atoms. The summed E-state index contributed by atoms with van der Waals surface area (Å²) in [6.07, 6.45) is 2.36. The van der Waals surface area contributed by atoms with Crippen LogP contribution in [0.25, 0.3) is 0 Å². The molecule has 1 heterocycles. The van der Waals surface area contributed by atoms with Crippen LogP contribution >= 0.6 is 0 Å². The SMILES string of the molecule is CNCCC(=O)NCc1ccn(C)n1. The average Bonchev–Trinajstić information content (AvgIpc) is 2.58. The molecule has 1 aromatic heterocycles. The van der Waals surface area contributed by atoms with Gasteiger partial charge < -0.3 is 10.6 Å². The van der Waals surface area contributed by atoms with Crippen LogP contribution in [-0.2, 0) is 18.4 Å². The summed E-state index contributed by atoms with van der Waals surface area (Å²) < 4.78 is 1.72. The summed E-state index contributed by atoms with van der Waals surface area (Å²) in [4.78, 5) is 11.2. The minimum Gasteiger partial charge on any atom is -0.350 e. The van der Waals surface area contributed by atoms with E-state index in [0.29, 0.717) is 19.5 Å². The molecule has 0 bridgehead atoms. The Morgan fingerprint density at radius 1 is 1.64 bits per heavy atom. The number of aromatic nitrogens is 2. The Balaban J connectivity index is 2.23. The Hall–Kier alpha value is -1.36. The molecule has 1 aromatic rings. The zero-order valence-corrected chi connectivity index (χ0v) is 8.58. The van der Waals surface area contributed by atoms with Crippen molar-refractivity contribution in [2.45, 2.75) is 13.0 Å². The monoisotopic (exact) mass is 196 g/mol. The fourth-order valence-corrected chi connectivity index (χ4v) is 1.07. The number of nitrogens with zero attached hydrogens (tertiary/aromatic N) is 2. The van der Waals surface area contributed by atoms with Crippen molar-refractivity contribution in [3.05, 3.63) is 18.0 Å². The molecule has 5 heteroatoms. The second kappa shape index (κ2) is 5.39. The number of amides is 1. The van der Waals surface area contributed by atoms with Crippen molar-refractivity contribution in [2.24, 2.45) is 7.05 Å². The zero-order valence-electron chi connectivity index (χ0n) is 8.58. The number of rotatable bonds is 5. The third-order valence-electron chi connectivity index (χ3n) is 1.84. The van der Waals surface area contributed by atoms with Crippen LogP contribution in [0.2, 0.25) is 0 Å². The summed E-state index contributed by atoms with van der Waals surface area (Å²) in [5, 5.41) is 9.86. The molecule has 0 saturated heterocycles. The minimum atomic E-state index is 0.0463. The highest BCUT2D eigenvalue weighted by molar-refractivity contribution is 5.75. The van der Waals surface area contributed by atoms with Crippen molar-refractivity contribution in [1.82, 2.24) is 20.4 Å². The van der Waals surface area contributed by atoms with E-state index in [4.69, 9.17) is 0 Å². The van der Waals surface area contributed by atoms with Gasteiger partial charge in [-0.05, 0) is 13.1 Å². The Labute approximate surface area is 83.5 Å². The Bertz CT molecular complexity index is 295. The molecule has 78 valence electrons. The van der Waals surface area contributed by atoms with Gasteiger partial charge in [0.15, 0.2) is 0 Å². The van der Waals surface area contributed by atoms with E-state index in [9.17, 15) is 4.79 Å². The topological polar surface area (TPSA) is 59.0 Å². The van der Waals surface area contributed by atoms with Gasteiger partial charge in [0, 0.05) is 26.2 Å². The molecule has 0 aliphatic carbocycles. The van der Waals surface area contributed by atoms with Crippen LogP contribution in [0.1, 0.15) is 12.1 Å². The molecule has 0 fully saturated rings. The van der Waals surface area contributed by atoms with Crippen molar-refractivity contribution in [3.63, 3.8) is 0 Å². The van der Waals surface area contributed by atoms with Crippen LogP contribution in [0.15, 0.2) is 12.3 Å². The van der Waals surface area contributed by atoms with E-state index < -0.39 is 0 Å². The third kappa shape index (κ3) is 3.57. The van der Waals surface area contributed by atoms with Crippen LogP contribution in [-0.4, -0.2) is 29.3 Å². The normalized spacial score (nSPS) is 10.1. The summed E-state index contributed by atoms with van der Waals surface area (Å²) in [7, 11) is 3.68. The first-order valence-corrected chi connectivity index (χ1v) is 4.62. The molecule has 0 aliphatic rings. The minimum absolute atomic E-state index is 0.0463. The van der Waals surface area contributed by atoms with E-state index in [-0.39, 0.29) is 5.91 Å². The highest BCUT2D eigenvalue weighted by atomic mass is 16.1. The highest BCUT2D eigenvalue weighted by Gasteiger charge is 2.01. The first kappa shape index (κ1) is 10.7. The van der Waals surface area contributed by atoms with Gasteiger partial charge in [0.05, 0.1) is 12.2 Å². The second-order valence-corrected chi connectivity index (χ2v) is 3.11. The van der Waals surface area contributed by atoms with Gasteiger partial charge in [-0.3, -0.25) is 9.48 Å². The number of carbonyl (C=O) groups is 1. The van der Waals surface area contributed by atoms with Crippen molar-refractivity contribution in [1.29, 1.82) is 0 Å². The predicted octanol–water partition coefficient (Wildman–Crippen LogP) is -0.354. The van der Waals surface area contributed by atoms with Gasteiger partial charge in [-0.2, -0.15) is 5.10 Å². The standard InChI is InChI=1S/C9H16N4O/c1-10-5-3-9(14)11-7-8-4-6-13(2)12-8/h4,6,10H,3,5,7H2,1-2H3,(H,11,14). The fourth-order valence-electron chi connectivity index (χ4n) is 1.07. The Morgan fingerprint density at radius 2 is 2.43 bits per heavy atom. The molecular weight excluding hydrogens is 180 g/mol. The van der Waals surface area contributed by atoms with E-state index in [1.54, 1.807) is 4.68 Å². The lowest BCUT2D eigenvalue weighted by Gasteiger charge is -2.02. The van der Waals surface area contributed by atoms with Gasteiger partial charge in [0.25, 0.3) is 0 Å². The van der Waals surface area contributed by atoms with Gasteiger partial charge in [0.1, 0.15) is 0 Å². The van der Waals surface area contributed by atoms with Gasteiger partial charge in [-0.15, -0.1) is 0 Å². The number of hydrogen-bond donors (Lipinski definition) is 2. The number of hydrogen-bond acceptors (Lipinski definition) is 3. The molecule has 0 aliphatic heterocycles. The lowest BCUT2D eigenvalue weighted by Crippen LogP contribution is -2.26. The van der Waals surface area contributed by atoms with Crippen molar-refractivity contribution >= 4 is 5.91 Å². The summed E-state index contributed by atoms with van der Waals surface area (Å²) in [6, 6.07) is 1.89. The lowest BCUT2D eigenvalue weighted by atomic mass is 10.3. The molecule has 0 saturated carbocycles. The quantitative estimate of drug-likeness (QED) is 0.676. The maximum absolute atomic E-state index is 11.2. The van der Waals surface area contributed by atoms with Crippen LogP contribution in [0.4, 0.5) is 0 Å². The van der Waals surface area contributed by atoms with Crippen molar-refractivity contribution in [2.75, 3.05) is 13.6 Å². The van der Waals surface area contributed by atoms with Crippen LogP contribution in [0.5, 0.6) is 0 Å². The summed E-state index contributed by atoms with van der Waals surface area (Å²) in [6.45, 7) is 1.21. The number of nitrogens with one attached hydrogen (secondary N) is 2. The maximum Gasteiger partial charge on any atom is 0.221 e. The molecule has 0 spiro atoms. The molecule has 0 atom stereocenters. The molecule has 1 rings (SSSR count). The Morgan fingerprint density at radius 3 is 3.00 bits per heavy atom. The van der Waals surface area contributed by atoms with E-state index in [1.807, 2.05) is 26.4 Å². The average molecular weight is 196 g/mol. The first-order valence-electron chi connectivity index (χ1n) is 4.62. The van der Waals surface area contributed by atoms with Crippen molar-refractivity contribution < 1.29 is 4.79 Å². The van der Waals surface area contributed by atoms with Gasteiger partial charge >= 0.3 is 0 Å². The fraction of sp³-hybridized carbons (Fsp3) is 0.556. The predicted molar refractivity (Wildman–Crippen MR) is 53.6 cm³/mol. The summed E-state index contributed by atoms with van der Waals surface area (Å²) >= 11 is 0. The molecule has 0 radical (unpaired) electrons. The summed E-state index contributed by atoms with van der Waals surface area (Å²) in [5.41, 5.74) is 0.880. The molecular formula is C9H16N4O. The number of aryl methyl sites for hydroxylation is 1. The molecule has 5 nitrogen and oxygen atoms in total. The largest absolute Gasteiger partial charge is 0.350 e. The van der Waals surface area contributed by atoms with E-state index in [2.05, 4.69) is 15.7 Å². The molecule has 0 aromatic carbocycles. The molecule has 2 N–H and O–H groups in total. The summed E-state index contributed by atoms with van der Waals surface area (Å²) in [5.74, 6) is 0.0463.